The third-order valence-corrected chi connectivity index (χ3v) is 4.95. The maximum absolute atomic E-state index is 5.90. The van der Waals surface area contributed by atoms with E-state index in [-0.39, 0.29) is 0 Å². The molecular formula is C14H29N3. The summed E-state index contributed by atoms with van der Waals surface area (Å²) in [6.45, 7) is 8.01. The molecule has 2 fully saturated rings. The van der Waals surface area contributed by atoms with Gasteiger partial charge >= 0.3 is 0 Å². The Morgan fingerprint density at radius 2 is 2.06 bits per heavy atom. The highest BCUT2D eigenvalue weighted by molar-refractivity contribution is 4.91. The number of likely N-dealkylation sites (tertiary alicyclic amines) is 1. The summed E-state index contributed by atoms with van der Waals surface area (Å²) in [6, 6.07) is 2.20. The lowest BCUT2D eigenvalue weighted by Crippen LogP contribution is -2.45. The van der Waals surface area contributed by atoms with Crippen molar-refractivity contribution in [2.45, 2.75) is 57.7 Å². The molecule has 3 nitrogen and oxygen atoms in total. The van der Waals surface area contributed by atoms with E-state index < -0.39 is 0 Å². The van der Waals surface area contributed by atoms with Crippen LogP contribution in [0.5, 0.6) is 0 Å². The van der Waals surface area contributed by atoms with Crippen molar-refractivity contribution < 1.29 is 0 Å². The molecule has 0 aromatic heterocycles. The Kier molecular flexibility index (Phi) is 4.45. The molecule has 2 N–H and O–H groups in total. The number of hydrogen-bond donors (Lipinski definition) is 1. The van der Waals surface area contributed by atoms with E-state index in [1.165, 1.54) is 38.8 Å². The van der Waals surface area contributed by atoms with Crippen molar-refractivity contribution in [3.8, 4) is 0 Å². The van der Waals surface area contributed by atoms with Gasteiger partial charge in [-0.1, -0.05) is 6.42 Å². The molecule has 1 saturated heterocycles. The van der Waals surface area contributed by atoms with Gasteiger partial charge in [-0.15, -0.1) is 0 Å². The molecule has 3 unspecified atom stereocenters. The standard InChI is InChI=1S/C14H29N3/c1-11(2)17-8-7-13(10-17)16(3)14-6-4-5-12(14)9-15/h11-14H,4-10,15H2,1-3H3. The molecule has 1 heterocycles. The van der Waals surface area contributed by atoms with Crippen LogP contribution in [0.4, 0.5) is 0 Å². The SMILES string of the molecule is CC(C)N1CCC(N(C)C2CCCC2CN)C1. The molecule has 2 rings (SSSR count). The van der Waals surface area contributed by atoms with Gasteiger partial charge in [0.1, 0.15) is 0 Å². The molecule has 2 aliphatic rings. The Morgan fingerprint density at radius 1 is 1.29 bits per heavy atom. The summed E-state index contributed by atoms with van der Waals surface area (Å²) in [5.41, 5.74) is 5.90. The van der Waals surface area contributed by atoms with Gasteiger partial charge in [-0.05, 0) is 52.6 Å². The van der Waals surface area contributed by atoms with Gasteiger partial charge in [-0.2, -0.15) is 0 Å². The number of rotatable bonds is 4. The van der Waals surface area contributed by atoms with Gasteiger partial charge in [0.25, 0.3) is 0 Å². The quantitative estimate of drug-likeness (QED) is 0.807. The summed E-state index contributed by atoms with van der Waals surface area (Å²) in [6.07, 6.45) is 5.41. The molecule has 0 radical (unpaired) electrons. The molecule has 1 aliphatic heterocycles. The van der Waals surface area contributed by atoms with Gasteiger partial charge in [0, 0.05) is 31.2 Å². The van der Waals surface area contributed by atoms with Crippen molar-refractivity contribution in [1.82, 2.24) is 9.80 Å². The topological polar surface area (TPSA) is 32.5 Å². The Hall–Kier alpha value is -0.120. The van der Waals surface area contributed by atoms with Gasteiger partial charge in [0.15, 0.2) is 0 Å². The minimum atomic E-state index is 0.697. The lowest BCUT2D eigenvalue weighted by atomic mass is 10.0. The van der Waals surface area contributed by atoms with Gasteiger partial charge in [0.2, 0.25) is 0 Å². The van der Waals surface area contributed by atoms with Crippen LogP contribution in [0.3, 0.4) is 0 Å². The van der Waals surface area contributed by atoms with Gasteiger partial charge in [-0.3, -0.25) is 9.80 Å². The van der Waals surface area contributed by atoms with E-state index >= 15 is 0 Å². The van der Waals surface area contributed by atoms with E-state index in [2.05, 4.69) is 30.7 Å². The fourth-order valence-electron chi connectivity index (χ4n) is 3.67. The molecule has 1 saturated carbocycles. The van der Waals surface area contributed by atoms with Crippen LogP contribution in [0.2, 0.25) is 0 Å². The van der Waals surface area contributed by atoms with Crippen molar-refractivity contribution in [2.75, 3.05) is 26.7 Å². The van der Waals surface area contributed by atoms with Gasteiger partial charge in [-0.25, -0.2) is 0 Å². The molecule has 17 heavy (non-hydrogen) atoms. The second-order valence-corrected chi connectivity index (χ2v) is 6.19. The predicted octanol–water partition coefficient (Wildman–Crippen LogP) is 1.53. The molecule has 0 amide bonds. The first-order valence-electron chi connectivity index (χ1n) is 7.29. The fraction of sp³-hybridized carbons (Fsp3) is 1.00. The number of hydrogen-bond acceptors (Lipinski definition) is 3. The minimum Gasteiger partial charge on any atom is -0.330 e. The van der Waals surface area contributed by atoms with Crippen LogP contribution in [0, 0.1) is 5.92 Å². The predicted molar refractivity (Wildman–Crippen MR) is 73.1 cm³/mol. The zero-order valence-electron chi connectivity index (χ0n) is 11.7. The summed E-state index contributed by atoms with van der Waals surface area (Å²) in [4.78, 5) is 5.25. The monoisotopic (exact) mass is 239 g/mol. The molecule has 3 atom stereocenters. The van der Waals surface area contributed by atoms with Gasteiger partial charge < -0.3 is 5.73 Å². The normalized spacial score (nSPS) is 35.3. The summed E-state index contributed by atoms with van der Waals surface area (Å²) in [5, 5.41) is 0. The smallest absolute Gasteiger partial charge is 0.0235 e. The van der Waals surface area contributed by atoms with E-state index in [4.69, 9.17) is 5.73 Å². The first-order valence-corrected chi connectivity index (χ1v) is 7.29. The maximum atomic E-state index is 5.90. The first-order chi connectivity index (χ1) is 8.13. The minimum absolute atomic E-state index is 0.697. The number of nitrogens with two attached hydrogens (primary N) is 1. The summed E-state index contributed by atoms with van der Waals surface area (Å²) in [7, 11) is 2.33. The van der Waals surface area contributed by atoms with Crippen LogP contribution in [0.25, 0.3) is 0 Å². The summed E-state index contributed by atoms with van der Waals surface area (Å²) in [5.74, 6) is 0.744. The van der Waals surface area contributed by atoms with E-state index in [0.717, 1.165) is 24.5 Å². The third kappa shape index (κ3) is 2.83. The van der Waals surface area contributed by atoms with Crippen LogP contribution >= 0.6 is 0 Å². The Balaban J connectivity index is 1.90. The average molecular weight is 239 g/mol. The Labute approximate surface area is 106 Å². The number of likely N-dealkylation sites (N-methyl/N-ethyl adjacent to an activating group) is 1. The van der Waals surface area contributed by atoms with Crippen molar-refractivity contribution >= 4 is 0 Å². The molecule has 0 aromatic carbocycles. The van der Waals surface area contributed by atoms with Crippen LogP contribution < -0.4 is 5.73 Å². The van der Waals surface area contributed by atoms with Crippen molar-refractivity contribution in [3.05, 3.63) is 0 Å². The molecule has 1 aliphatic carbocycles. The molecule has 3 heteroatoms. The van der Waals surface area contributed by atoms with Crippen LogP contribution in [-0.4, -0.2) is 54.6 Å². The van der Waals surface area contributed by atoms with E-state index in [1.54, 1.807) is 0 Å². The third-order valence-electron chi connectivity index (χ3n) is 4.95. The van der Waals surface area contributed by atoms with Crippen LogP contribution in [0.15, 0.2) is 0 Å². The second-order valence-electron chi connectivity index (χ2n) is 6.19. The van der Waals surface area contributed by atoms with E-state index in [0.29, 0.717) is 6.04 Å². The van der Waals surface area contributed by atoms with E-state index in [1.807, 2.05) is 0 Å². The average Bonchev–Trinajstić information content (AvgIpc) is 2.96. The molecule has 0 bridgehead atoms. The molecule has 0 spiro atoms. The summed E-state index contributed by atoms with van der Waals surface area (Å²) < 4.78 is 0. The van der Waals surface area contributed by atoms with Crippen LogP contribution in [-0.2, 0) is 0 Å². The van der Waals surface area contributed by atoms with Crippen molar-refractivity contribution in [3.63, 3.8) is 0 Å². The zero-order valence-corrected chi connectivity index (χ0v) is 11.7. The van der Waals surface area contributed by atoms with Crippen molar-refractivity contribution in [2.24, 2.45) is 11.7 Å². The lowest BCUT2D eigenvalue weighted by molar-refractivity contribution is 0.138. The lowest BCUT2D eigenvalue weighted by Gasteiger charge is -2.34. The van der Waals surface area contributed by atoms with Crippen LogP contribution in [0.1, 0.15) is 39.5 Å². The fourth-order valence-corrected chi connectivity index (χ4v) is 3.67. The first kappa shape index (κ1) is 13.3. The highest BCUT2D eigenvalue weighted by Gasteiger charge is 2.35. The van der Waals surface area contributed by atoms with Crippen molar-refractivity contribution in [1.29, 1.82) is 0 Å². The second kappa shape index (κ2) is 5.68. The Morgan fingerprint density at radius 3 is 2.65 bits per heavy atom. The molecule has 0 aromatic rings. The number of nitrogens with zero attached hydrogens (tertiary/aromatic N) is 2. The zero-order chi connectivity index (χ0) is 12.4. The highest BCUT2D eigenvalue weighted by Crippen LogP contribution is 2.31. The molecule has 100 valence electrons. The van der Waals surface area contributed by atoms with Gasteiger partial charge in [0.05, 0.1) is 0 Å². The Bertz CT molecular complexity index is 242. The maximum Gasteiger partial charge on any atom is 0.0235 e. The molecular weight excluding hydrogens is 210 g/mol. The highest BCUT2D eigenvalue weighted by atomic mass is 15.3. The summed E-state index contributed by atoms with van der Waals surface area (Å²) >= 11 is 0. The van der Waals surface area contributed by atoms with E-state index in [9.17, 15) is 0 Å². The largest absolute Gasteiger partial charge is 0.330 e.